The summed E-state index contributed by atoms with van der Waals surface area (Å²) in [5, 5.41) is 10.0. The van der Waals surface area contributed by atoms with Gasteiger partial charge in [0.05, 0.1) is 6.10 Å². The van der Waals surface area contributed by atoms with Crippen molar-refractivity contribution in [3.05, 3.63) is 29.3 Å². The molecule has 1 aliphatic rings. The van der Waals surface area contributed by atoms with Crippen LogP contribution in [-0.4, -0.2) is 11.2 Å². The van der Waals surface area contributed by atoms with Crippen molar-refractivity contribution >= 4 is 0 Å². The highest BCUT2D eigenvalue weighted by atomic mass is 16.5. The van der Waals surface area contributed by atoms with E-state index in [4.69, 9.17) is 4.74 Å². The van der Waals surface area contributed by atoms with E-state index in [9.17, 15) is 5.11 Å². The summed E-state index contributed by atoms with van der Waals surface area (Å²) in [6.45, 7) is 6.27. The molecule has 0 saturated heterocycles. The van der Waals surface area contributed by atoms with E-state index in [1.165, 1.54) is 5.56 Å². The van der Waals surface area contributed by atoms with Gasteiger partial charge in [-0.05, 0) is 25.0 Å². The highest BCUT2D eigenvalue weighted by molar-refractivity contribution is 5.40. The quantitative estimate of drug-likeness (QED) is 0.765. The monoisotopic (exact) mass is 206 g/mol. The molecule has 1 unspecified atom stereocenters. The van der Waals surface area contributed by atoms with Gasteiger partial charge in [-0.25, -0.2) is 0 Å². The fourth-order valence-electron chi connectivity index (χ4n) is 2.00. The lowest BCUT2D eigenvalue weighted by Gasteiger charge is -2.32. The van der Waals surface area contributed by atoms with Gasteiger partial charge in [0.25, 0.3) is 0 Å². The molecule has 0 amide bonds. The van der Waals surface area contributed by atoms with E-state index in [-0.39, 0.29) is 12.2 Å². The summed E-state index contributed by atoms with van der Waals surface area (Å²) in [7, 11) is 0. The fourth-order valence-corrected chi connectivity index (χ4v) is 2.00. The maximum Gasteiger partial charge on any atom is 0.125 e. The SMILES string of the molecule is Cc1ccc2c(c1)[C@H](O)CC(C(C)C)O2. The first-order chi connectivity index (χ1) is 7.08. The Morgan fingerprint density at radius 3 is 2.80 bits per heavy atom. The lowest BCUT2D eigenvalue weighted by Crippen LogP contribution is -2.30. The number of hydrogen-bond donors (Lipinski definition) is 1. The Hall–Kier alpha value is -1.02. The standard InChI is InChI=1S/C13H18O2/c1-8(2)13-7-11(14)10-6-9(3)4-5-12(10)15-13/h4-6,8,11,13-14H,7H2,1-3H3/t11-,13?/m1/s1. The van der Waals surface area contributed by atoms with Crippen molar-refractivity contribution in [2.45, 2.75) is 39.4 Å². The van der Waals surface area contributed by atoms with Crippen molar-refractivity contribution in [3.63, 3.8) is 0 Å². The number of benzene rings is 1. The van der Waals surface area contributed by atoms with E-state index < -0.39 is 0 Å². The van der Waals surface area contributed by atoms with Crippen molar-refractivity contribution in [2.75, 3.05) is 0 Å². The van der Waals surface area contributed by atoms with Crippen molar-refractivity contribution in [1.82, 2.24) is 0 Å². The molecule has 0 aromatic heterocycles. The lowest BCUT2D eigenvalue weighted by molar-refractivity contribution is 0.0426. The molecule has 1 N–H and O–H groups in total. The van der Waals surface area contributed by atoms with Crippen LogP contribution >= 0.6 is 0 Å². The molecule has 0 aliphatic carbocycles. The van der Waals surface area contributed by atoms with Gasteiger partial charge in [0.1, 0.15) is 11.9 Å². The van der Waals surface area contributed by atoms with Crippen molar-refractivity contribution < 1.29 is 9.84 Å². The summed E-state index contributed by atoms with van der Waals surface area (Å²) in [6.07, 6.45) is 0.463. The van der Waals surface area contributed by atoms with Gasteiger partial charge in [-0.1, -0.05) is 25.5 Å². The molecule has 1 aromatic carbocycles. The molecular weight excluding hydrogens is 188 g/mol. The van der Waals surface area contributed by atoms with Crippen LogP contribution in [0, 0.1) is 12.8 Å². The molecule has 0 spiro atoms. The predicted molar refractivity (Wildman–Crippen MR) is 60.0 cm³/mol. The largest absolute Gasteiger partial charge is 0.490 e. The molecule has 2 rings (SSSR count). The molecule has 0 fully saturated rings. The minimum absolute atomic E-state index is 0.134. The molecular formula is C13H18O2. The first-order valence-corrected chi connectivity index (χ1v) is 5.53. The van der Waals surface area contributed by atoms with E-state index in [0.29, 0.717) is 12.3 Å². The molecule has 0 radical (unpaired) electrons. The van der Waals surface area contributed by atoms with E-state index in [0.717, 1.165) is 11.3 Å². The Bertz CT molecular complexity index is 358. The minimum Gasteiger partial charge on any atom is -0.490 e. The van der Waals surface area contributed by atoms with Crippen LogP contribution in [0.2, 0.25) is 0 Å². The van der Waals surface area contributed by atoms with Gasteiger partial charge in [-0.2, -0.15) is 0 Å². The van der Waals surface area contributed by atoms with Crippen molar-refractivity contribution in [1.29, 1.82) is 0 Å². The molecule has 1 heterocycles. The van der Waals surface area contributed by atoms with Gasteiger partial charge in [0.2, 0.25) is 0 Å². The van der Waals surface area contributed by atoms with Crippen LogP contribution in [0.15, 0.2) is 18.2 Å². The average molecular weight is 206 g/mol. The van der Waals surface area contributed by atoms with E-state index >= 15 is 0 Å². The van der Waals surface area contributed by atoms with E-state index in [2.05, 4.69) is 13.8 Å². The van der Waals surface area contributed by atoms with Crippen LogP contribution < -0.4 is 4.74 Å². The van der Waals surface area contributed by atoms with Gasteiger partial charge in [0.15, 0.2) is 0 Å². The van der Waals surface area contributed by atoms with E-state index in [1.807, 2.05) is 25.1 Å². The van der Waals surface area contributed by atoms with Crippen molar-refractivity contribution in [3.8, 4) is 5.75 Å². The van der Waals surface area contributed by atoms with Crippen LogP contribution in [-0.2, 0) is 0 Å². The molecule has 2 heteroatoms. The highest BCUT2D eigenvalue weighted by Gasteiger charge is 2.28. The number of hydrogen-bond acceptors (Lipinski definition) is 2. The Kier molecular flexibility index (Phi) is 2.70. The zero-order chi connectivity index (χ0) is 11.0. The Morgan fingerprint density at radius 1 is 1.40 bits per heavy atom. The second-order valence-corrected chi connectivity index (χ2v) is 4.69. The summed E-state index contributed by atoms with van der Waals surface area (Å²) < 4.78 is 5.86. The van der Waals surface area contributed by atoms with Crippen LogP contribution in [0.4, 0.5) is 0 Å². The summed E-state index contributed by atoms with van der Waals surface area (Å²) >= 11 is 0. The van der Waals surface area contributed by atoms with Gasteiger partial charge >= 0.3 is 0 Å². The van der Waals surface area contributed by atoms with Crippen LogP contribution in [0.3, 0.4) is 0 Å². The van der Waals surface area contributed by atoms with Crippen LogP contribution in [0.1, 0.15) is 37.5 Å². The number of fused-ring (bicyclic) bond motifs is 1. The molecule has 2 atom stereocenters. The summed E-state index contributed by atoms with van der Waals surface area (Å²) in [6, 6.07) is 5.99. The molecule has 1 aromatic rings. The second kappa shape index (κ2) is 3.86. The number of aryl methyl sites for hydroxylation is 1. The first-order valence-electron chi connectivity index (χ1n) is 5.53. The number of ether oxygens (including phenoxy) is 1. The molecule has 0 bridgehead atoms. The maximum atomic E-state index is 10.0. The lowest BCUT2D eigenvalue weighted by atomic mass is 9.92. The fraction of sp³-hybridized carbons (Fsp3) is 0.538. The normalized spacial score (nSPS) is 24.9. The van der Waals surface area contributed by atoms with Crippen LogP contribution in [0.25, 0.3) is 0 Å². The Balaban J connectivity index is 2.32. The highest BCUT2D eigenvalue weighted by Crippen LogP contribution is 2.37. The number of aliphatic hydroxyl groups is 1. The Labute approximate surface area is 90.9 Å². The zero-order valence-electron chi connectivity index (χ0n) is 9.53. The topological polar surface area (TPSA) is 29.5 Å². The van der Waals surface area contributed by atoms with Crippen molar-refractivity contribution in [2.24, 2.45) is 5.92 Å². The third-order valence-electron chi connectivity index (χ3n) is 3.00. The summed E-state index contributed by atoms with van der Waals surface area (Å²) in [5.41, 5.74) is 2.10. The molecule has 82 valence electrons. The van der Waals surface area contributed by atoms with Gasteiger partial charge in [-0.15, -0.1) is 0 Å². The predicted octanol–water partition coefficient (Wildman–Crippen LogP) is 2.84. The Morgan fingerprint density at radius 2 is 2.13 bits per heavy atom. The van der Waals surface area contributed by atoms with Crippen LogP contribution in [0.5, 0.6) is 5.75 Å². The van der Waals surface area contributed by atoms with Gasteiger partial charge in [-0.3, -0.25) is 0 Å². The van der Waals surface area contributed by atoms with Gasteiger partial charge < -0.3 is 9.84 Å². The number of rotatable bonds is 1. The summed E-state index contributed by atoms with van der Waals surface area (Å²) in [4.78, 5) is 0. The second-order valence-electron chi connectivity index (χ2n) is 4.69. The first kappa shape index (κ1) is 10.5. The smallest absolute Gasteiger partial charge is 0.125 e. The third-order valence-corrected chi connectivity index (χ3v) is 3.00. The molecule has 2 nitrogen and oxygen atoms in total. The van der Waals surface area contributed by atoms with E-state index in [1.54, 1.807) is 0 Å². The summed E-state index contributed by atoms with van der Waals surface area (Å²) in [5.74, 6) is 1.28. The molecule has 15 heavy (non-hydrogen) atoms. The zero-order valence-corrected chi connectivity index (χ0v) is 9.53. The number of aliphatic hydroxyl groups excluding tert-OH is 1. The third kappa shape index (κ3) is 2.00. The van der Waals surface area contributed by atoms with Gasteiger partial charge in [0, 0.05) is 12.0 Å². The molecule has 0 saturated carbocycles. The average Bonchev–Trinajstić information content (AvgIpc) is 2.18. The molecule has 1 aliphatic heterocycles. The maximum absolute atomic E-state index is 10.0. The minimum atomic E-state index is -0.374.